The molecular formula is C18H21F2N. The van der Waals surface area contributed by atoms with Crippen molar-refractivity contribution < 1.29 is 8.78 Å². The van der Waals surface area contributed by atoms with E-state index in [4.69, 9.17) is 0 Å². The molecule has 0 amide bonds. The largest absolute Gasteiger partial charge is 0.306 e. The molecule has 0 saturated carbocycles. The second kappa shape index (κ2) is 6.35. The molecule has 2 aromatic rings. The van der Waals surface area contributed by atoms with E-state index in [0.29, 0.717) is 17.7 Å². The molecule has 2 aromatic carbocycles. The van der Waals surface area contributed by atoms with Gasteiger partial charge in [-0.25, -0.2) is 8.78 Å². The SMILES string of the molecule is CCNC(c1ccc(C)cc1C)c1cc(C)c(F)cc1F. The van der Waals surface area contributed by atoms with Crippen molar-refractivity contribution in [3.05, 3.63) is 69.8 Å². The Morgan fingerprint density at radius 2 is 1.62 bits per heavy atom. The number of hydrogen-bond acceptors (Lipinski definition) is 1. The second-order valence-corrected chi connectivity index (χ2v) is 5.47. The predicted molar refractivity (Wildman–Crippen MR) is 82.5 cm³/mol. The van der Waals surface area contributed by atoms with Crippen molar-refractivity contribution >= 4 is 0 Å². The summed E-state index contributed by atoms with van der Waals surface area (Å²) < 4.78 is 27.7. The van der Waals surface area contributed by atoms with Crippen LogP contribution in [0.3, 0.4) is 0 Å². The summed E-state index contributed by atoms with van der Waals surface area (Å²) in [7, 11) is 0. The molecule has 1 unspecified atom stereocenters. The lowest BCUT2D eigenvalue weighted by Gasteiger charge is -2.22. The van der Waals surface area contributed by atoms with Gasteiger partial charge in [0.25, 0.3) is 0 Å². The van der Waals surface area contributed by atoms with Gasteiger partial charge in [0.1, 0.15) is 11.6 Å². The van der Waals surface area contributed by atoms with Crippen molar-refractivity contribution in [1.29, 1.82) is 0 Å². The van der Waals surface area contributed by atoms with Gasteiger partial charge in [-0.15, -0.1) is 0 Å². The van der Waals surface area contributed by atoms with Crippen molar-refractivity contribution in [2.24, 2.45) is 0 Å². The molecule has 0 radical (unpaired) electrons. The van der Waals surface area contributed by atoms with Gasteiger partial charge in [-0.2, -0.15) is 0 Å². The first-order valence-corrected chi connectivity index (χ1v) is 7.20. The molecule has 0 spiro atoms. The highest BCUT2D eigenvalue weighted by Gasteiger charge is 2.20. The first-order chi connectivity index (χ1) is 9.93. The Kier molecular flexibility index (Phi) is 4.73. The average molecular weight is 289 g/mol. The van der Waals surface area contributed by atoms with Crippen LogP contribution in [0, 0.1) is 32.4 Å². The summed E-state index contributed by atoms with van der Waals surface area (Å²) in [5, 5.41) is 3.30. The monoisotopic (exact) mass is 289 g/mol. The van der Waals surface area contributed by atoms with Crippen molar-refractivity contribution in [3.63, 3.8) is 0 Å². The Morgan fingerprint density at radius 3 is 2.24 bits per heavy atom. The highest BCUT2D eigenvalue weighted by molar-refractivity contribution is 5.40. The number of hydrogen-bond donors (Lipinski definition) is 1. The fraction of sp³-hybridized carbons (Fsp3) is 0.333. The third-order valence-electron chi connectivity index (χ3n) is 3.73. The minimum atomic E-state index is -0.510. The number of benzene rings is 2. The molecule has 1 nitrogen and oxygen atoms in total. The zero-order valence-electron chi connectivity index (χ0n) is 12.9. The lowest BCUT2D eigenvalue weighted by molar-refractivity contribution is 0.537. The third-order valence-corrected chi connectivity index (χ3v) is 3.73. The van der Waals surface area contributed by atoms with Crippen LogP contribution in [0.15, 0.2) is 30.3 Å². The van der Waals surface area contributed by atoms with Gasteiger partial charge in [-0.05, 0) is 50.1 Å². The number of rotatable bonds is 4. The number of aryl methyl sites for hydroxylation is 3. The summed E-state index contributed by atoms with van der Waals surface area (Å²) in [5.74, 6) is -1.02. The van der Waals surface area contributed by atoms with Gasteiger partial charge in [-0.1, -0.05) is 30.7 Å². The molecule has 0 aromatic heterocycles. The summed E-state index contributed by atoms with van der Waals surface area (Å²) in [6, 6.07) is 8.40. The first kappa shape index (κ1) is 15.6. The van der Waals surface area contributed by atoms with Gasteiger partial charge < -0.3 is 5.32 Å². The van der Waals surface area contributed by atoms with Crippen LogP contribution in [0.5, 0.6) is 0 Å². The van der Waals surface area contributed by atoms with Crippen LogP contribution >= 0.6 is 0 Å². The minimum absolute atomic E-state index is 0.269. The molecule has 0 aliphatic rings. The summed E-state index contributed by atoms with van der Waals surface area (Å²) in [5.41, 5.74) is 4.23. The van der Waals surface area contributed by atoms with Crippen LogP contribution in [0.4, 0.5) is 8.78 Å². The van der Waals surface area contributed by atoms with E-state index in [-0.39, 0.29) is 6.04 Å². The van der Waals surface area contributed by atoms with E-state index in [1.807, 2.05) is 32.9 Å². The summed E-state index contributed by atoms with van der Waals surface area (Å²) in [4.78, 5) is 0. The van der Waals surface area contributed by atoms with E-state index in [0.717, 1.165) is 17.2 Å². The number of halogens is 2. The topological polar surface area (TPSA) is 12.0 Å². The second-order valence-electron chi connectivity index (χ2n) is 5.47. The molecule has 112 valence electrons. The smallest absolute Gasteiger partial charge is 0.131 e. The van der Waals surface area contributed by atoms with E-state index >= 15 is 0 Å². The third kappa shape index (κ3) is 3.30. The van der Waals surface area contributed by atoms with Crippen molar-refractivity contribution in [2.45, 2.75) is 33.7 Å². The van der Waals surface area contributed by atoms with Gasteiger partial charge >= 0.3 is 0 Å². The highest BCUT2D eigenvalue weighted by atomic mass is 19.1. The molecule has 1 N–H and O–H groups in total. The van der Waals surface area contributed by atoms with Gasteiger partial charge in [0.05, 0.1) is 6.04 Å². The number of nitrogens with one attached hydrogen (secondary N) is 1. The highest BCUT2D eigenvalue weighted by Crippen LogP contribution is 2.29. The van der Waals surface area contributed by atoms with Crippen molar-refractivity contribution in [3.8, 4) is 0 Å². The molecule has 0 saturated heterocycles. The lowest BCUT2D eigenvalue weighted by atomic mass is 9.92. The van der Waals surface area contributed by atoms with Crippen LogP contribution in [0.1, 0.15) is 40.8 Å². The Bertz CT molecular complexity index is 650. The maximum atomic E-state index is 14.2. The van der Waals surface area contributed by atoms with Gasteiger partial charge in [0.15, 0.2) is 0 Å². The van der Waals surface area contributed by atoms with E-state index in [1.54, 1.807) is 13.0 Å². The average Bonchev–Trinajstić information content (AvgIpc) is 2.41. The van der Waals surface area contributed by atoms with Gasteiger partial charge in [0, 0.05) is 11.6 Å². The predicted octanol–water partition coefficient (Wildman–Crippen LogP) is 4.59. The molecule has 1 atom stereocenters. The molecule has 0 heterocycles. The van der Waals surface area contributed by atoms with Crippen LogP contribution < -0.4 is 5.32 Å². The van der Waals surface area contributed by atoms with Crippen LogP contribution in [0.2, 0.25) is 0 Å². The zero-order valence-corrected chi connectivity index (χ0v) is 12.9. The van der Waals surface area contributed by atoms with Crippen LogP contribution in [-0.2, 0) is 0 Å². The zero-order chi connectivity index (χ0) is 15.6. The molecule has 0 aliphatic carbocycles. The molecule has 2 rings (SSSR count). The summed E-state index contributed by atoms with van der Waals surface area (Å²) >= 11 is 0. The molecule has 0 fully saturated rings. The molecule has 21 heavy (non-hydrogen) atoms. The molecular weight excluding hydrogens is 268 g/mol. The van der Waals surface area contributed by atoms with Crippen molar-refractivity contribution in [2.75, 3.05) is 6.54 Å². The summed E-state index contributed by atoms with van der Waals surface area (Å²) in [6.45, 7) is 8.38. The maximum absolute atomic E-state index is 14.2. The Balaban J connectivity index is 2.55. The molecule has 3 heteroatoms. The van der Waals surface area contributed by atoms with Crippen molar-refractivity contribution in [1.82, 2.24) is 5.32 Å². The van der Waals surface area contributed by atoms with E-state index < -0.39 is 11.6 Å². The molecule has 0 aliphatic heterocycles. The lowest BCUT2D eigenvalue weighted by Crippen LogP contribution is -2.24. The van der Waals surface area contributed by atoms with Crippen LogP contribution in [-0.4, -0.2) is 6.54 Å². The normalized spacial score (nSPS) is 12.5. The fourth-order valence-corrected chi connectivity index (χ4v) is 2.64. The van der Waals surface area contributed by atoms with Gasteiger partial charge in [-0.3, -0.25) is 0 Å². The fourth-order valence-electron chi connectivity index (χ4n) is 2.64. The van der Waals surface area contributed by atoms with E-state index in [1.165, 1.54) is 5.56 Å². The van der Waals surface area contributed by atoms with E-state index in [9.17, 15) is 8.78 Å². The van der Waals surface area contributed by atoms with E-state index in [2.05, 4.69) is 11.4 Å². The summed E-state index contributed by atoms with van der Waals surface area (Å²) in [6.07, 6.45) is 0. The molecule has 0 bridgehead atoms. The first-order valence-electron chi connectivity index (χ1n) is 7.20. The maximum Gasteiger partial charge on any atom is 0.131 e. The standard InChI is InChI=1S/C18H21F2N/c1-5-21-18(14-7-6-11(2)8-12(14)3)15-9-13(4)16(19)10-17(15)20/h6-10,18,21H,5H2,1-4H3. The van der Waals surface area contributed by atoms with Gasteiger partial charge in [0.2, 0.25) is 0 Å². The quantitative estimate of drug-likeness (QED) is 0.868. The Hall–Kier alpha value is -1.74. The Labute approximate surface area is 125 Å². The minimum Gasteiger partial charge on any atom is -0.306 e. The van der Waals surface area contributed by atoms with Crippen LogP contribution in [0.25, 0.3) is 0 Å². The Morgan fingerprint density at radius 1 is 0.905 bits per heavy atom.